The van der Waals surface area contributed by atoms with E-state index in [1.165, 1.54) is 31.0 Å². The molecule has 1 aromatic carbocycles. The Morgan fingerprint density at radius 2 is 2.11 bits per heavy atom. The van der Waals surface area contributed by atoms with Crippen molar-refractivity contribution >= 4 is 18.4 Å². The lowest BCUT2D eigenvalue weighted by Gasteiger charge is -2.20. The first-order valence-corrected chi connectivity index (χ1v) is 6.34. The maximum atomic E-state index is 13.0. The topological polar surface area (TPSA) is 29.5 Å². The normalized spacial score (nSPS) is 16.7. The molecule has 0 bridgehead atoms. The minimum Gasteiger partial charge on any atom is -0.458 e. The lowest BCUT2D eigenvalue weighted by molar-refractivity contribution is 0.0270. The van der Waals surface area contributed by atoms with Crippen LogP contribution in [0.3, 0.4) is 0 Å². The van der Waals surface area contributed by atoms with E-state index < -0.39 is 11.8 Å². The number of likely N-dealkylation sites (tertiary alicyclic amines) is 1. The number of carbonyl (C=O) groups excluding carboxylic acids is 1. The molecular formula is C14H19ClFNO2. The van der Waals surface area contributed by atoms with Crippen LogP contribution in [-0.4, -0.2) is 36.6 Å². The molecule has 0 spiro atoms. The fourth-order valence-corrected chi connectivity index (χ4v) is 2.23. The van der Waals surface area contributed by atoms with Gasteiger partial charge in [0.1, 0.15) is 11.9 Å². The molecule has 1 saturated heterocycles. The van der Waals surface area contributed by atoms with E-state index in [9.17, 15) is 9.18 Å². The van der Waals surface area contributed by atoms with Gasteiger partial charge in [-0.15, -0.1) is 12.4 Å². The highest BCUT2D eigenvalue weighted by atomic mass is 35.5. The summed E-state index contributed by atoms with van der Waals surface area (Å²) in [5, 5.41) is 0. The van der Waals surface area contributed by atoms with Gasteiger partial charge >= 0.3 is 5.97 Å². The third kappa shape index (κ3) is 4.80. The van der Waals surface area contributed by atoms with Gasteiger partial charge < -0.3 is 4.74 Å². The number of ether oxygens (including phenoxy) is 1. The second-order valence-electron chi connectivity index (χ2n) is 4.73. The van der Waals surface area contributed by atoms with E-state index in [1.54, 1.807) is 6.07 Å². The van der Waals surface area contributed by atoms with Crippen molar-refractivity contribution < 1.29 is 13.9 Å². The Balaban J connectivity index is 0.00000180. The van der Waals surface area contributed by atoms with Gasteiger partial charge in [-0.2, -0.15) is 0 Å². The second-order valence-corrected chi connectivity index (χ2v) is 4.73. The molecule has 0 aromatic heterocycles. The molecule has 1 unspecified atom stereocenters. The Morgan fingerprint density at radius 1 is 1.42 bits per heavy atom. The summed E-state index contributed by atoms with van der Waals surface area (Å²) in [7, 11) is 0. The standard InChI is InChI=1S/C14H18FNO2.ClH/c1-11(10-16-7-2-3-8-16)18-14(17)12-5-4-6-13(15)9-12;/h4-6,9,11H,2-3,7-8,10H2,1H3;1H. The number of hydrogen-bond acceptors (Lipinski definition) is 3. The maximum absolute atomic E-state index is 13.0. The van der Waals surface area contributed by atoms with Crippen LogP contribution in [0.4, 0.5) is 4.39 Å². The summed E-state index contributed by atoms with van der Waals surface area (Å²) in [6, 6.07) is 5.58. The molecular weight excluding hydrogens is 269 g/mol. The quantitative estimate of drug-likeness (QED) is 0.798. The van der Waals surface area contributed by atoms with Gasteiger partial charge in [-0.3, -0.25) is 4.90 Å². The summed E-state index contributed by atoms with van der Waals surface area (Å²) in [4.78, 5) is 14.1. The Kier molecular flexibility index (Phi) is 6.25. The number of esters is 1. The summed E-state index contributed by atoms with van der Waals surface area (Å²) in [6.45, 7) is 4.76. The summed E-state index contributed by atoms with van der Waals surface area (Å²) >= 11 is 0. The third-order valence-electron chi connectivity index (χ3n) is 3.08. The van der Waals surface area contributed by atoms with Gasteiger partial charge in [-0.05, 0) is 51.1 Å². The monoisotopic (exact) mass is 287 g/mol. The smallest absolute Gasteiger partial charge is 0.338 e. The number of halogens is 2. The van der Waals surface area contributed by atoms with Crippen LogP contribution in [-0.2, 0) is 4.74 Å². The van der Waals surface area contributed by atoms with Crippen LogP contribution in [0.25, 0.3) is 0 Å². The molecule has 19 heavy (non-hydrogen) atoms. The highest BCUT2D eigenvalue weighted by Crippen LogP contribution is 2.11. The number of nitrogens with zero attached hydrogens (tertiary/aromatic N) is 1. The molecule has 106 valence electrons. The van der Waals surface area contributed by atoms with E-state index >= 15 is 0 Å². The van der Waals surface area contributed by atoms with Crippen molar-refractivity contribution in [3.05, 3.63) is 35.6 Å². The molecule has 1 heterocycles. The van der Waals surface area contributed by atoms with E-state index in [0.717, 1.165) is 19.6 Å². The van der Waals surface area contributed by atoms with E-state index in [1.807, 2.05) is 6.92 Å². The lowest BCUT2D eigenvalue weighted by Crippen LogP contribution is -2.31. The van der Waals surface area contributed by atoms with Crippen LogP contribution in [0.5, 0.6) is 0 Å². The van der Waals surface area contributed by atoms with Crippen LogP contribution in [0.15, 0.2) is 24.3 Å². The van der Waals surface area contributed by atoms with Crippen LogP contribution in [0, 0.1) is 5.82 Å². The summed E-state index contributed by atoms with van der Waals surface area (Å²) < 4.78 is 18.3. The minimum absolute atomic E-state index is 0. The van der Waals surface area contributed by atoms with Crippen LogP contribution in [0.1, 0.15) is 30.1 Å². The summed E-state index contributed by atoms with van der Waals surface area (Å²) in [5.74, 6) is -0.877. The molecule has 3 nitrogen and oxygen atoms in total. The minimum atomic E-state index is -0.457. The molecule has 1 aliphatic heterocycles. The van der Waals surface area contributed by atoms with Crippen molar-refractivity contribution in [3.63, 3.8) is 0 Å². The van der Waals surface area contributed by atoms with E-state index in [2.05, 4.69) is 4.90 Å². The van der Waals surface area contributed by atoms with Crippen molar-refractivity contribution in [1.82, 2.24) is 4.90 Å². The van der Waals surface area contributed by atoms with Crippen LogP contribution >= 0.6 is 12.4 Å². The highest BCUT2D eigenvalue weighted by molar-refractivity contribution is 5.89. The van der Waals surface area contributed by atoms with E-state index in [0.29, 0.717) is 0 Å². The zero-order valence-electron chi connectivity index (χ0n) is 11.0. The van der Waals surface area contributed by atoms with Gasteiger partial charge in [0.25, 0.3) is 0 Å². The molecule has 1 atom stereocenters. The van der Waals surface area contributed by atoms with Crippen molar-refractivity contribution in [2.45, 2.75) is 25.9 Å². The molecule has 0 saturated carbocycles. The number of hydrogen-bond donors (Lipinski definition) is 0. The molecule has 1 fully saturated rings. The van der Waals surface area contributed by atoms with Crippen LogP contribution in [0.2, 0.25) is 0 Å². The molecule has 0 amide bonds. The average molecular weight is 288 g/mol. The number of carbonyl (C=O) groups is 1. The fourth-order valence-electron chi connectivity index (χ4n) is 2.23. The largest absolute Gasteiger partial charge is 0.458 e. The molecule has 0 radical (unpaired) electrons. The Morgan fingerprint density at radius 3 is 2.74 bits per heavy atom. The zero-order chi connectivity index (χ0) is 13.0. The van der Waals surface area contributed by atoms with Gasteiger partial charge in [-0.1, -0.05) is 6.07 Å². The van der Waals surface area contributed by atoms with Crippen LogP contribution < -0.4 is 0 Å². The van der Waals surface area contributed by atoms with Crippen molar-refractivity contribution in [2.75, 3.05) is 19.6 Å². The maximum Gasteiger partial charge on any atom is 0.338 e. The van der Waals surface area contributed by atoms with Crippen molar-refractivity contribution in [1.29, 1.82) is 0 Å². The highest BCUT2D eigenvalue weighted by Gasteiger charge is 2.18. The molecule has 0 N–H and O–H groups in total. The van der Waals surface area contributed by atoms with E-state index in [4.69, 9.17) is 4.74 Å². The predicted molar refractivity (Wildman–Crippen MR) is 74.2 cm³/mol. The molecule has 5 heteroatoms. The Labute approximate surface area is 119 Å². The molecule has 2 rings (SSSR count). The third-order valence-corrected chi connectivity index (χ3v) is 3.08. The van der Waals surface area contributed by atoms with E-state index in [-0.39, 0.29) is 24.1 Å². The number of rotatable bonds is 4. The van der Waals surface area contributed by atoms with Gasteiger partial charge in [0.05, 0.1) is 5.56 Å². The zero-order valence-corrected chi connectivity index (χ0v) is 11.8. The van der Waals surface area contributed by atoms with Crippen molar-refractivity contribution in [2.24, 2.45) is 0 Å². The number of benzene rings is 1. The molecule has 0 aliphatic carbocycles. The summed E-state index contributed by atoms with van der Waals surface area (Å²) in [5.41, 5.74) is 0.267. The molecule has 1 aromatic rings. The summed E-state index contributed by atoms with van der Waals surface area (Å²) in [6.07, 6.45) is 2.26. The average Bonchev–Trinajstić information content (AvgIpc) is 2.81. The Hall–Kier alpha value is -1.13. The van der Waals surface area contributed by atoms with Gasteiger partial charge in [0, 0.05) is 6.54 Å². The van der Waals surface area contributed by atoms with Gasteiger partial charge in [0.2, 0.25) is 0 Å². The first-order chi connectivity index (χ1) is 8.65. The second kappa shape index (κ2) is 7.46. The lowest BCUT2D eigenvalue weighted by atomic mass is 10.2. The molecule has 1 aliphatic rings. The first-order valence-electron chi connectivity index (χ1n) is 6.34. The Bertz CT molecular complexity index is 422. The van der Waals surface area contributed by atoms with Gasteiger partial charge in [0.15, 0.2) is 0 Å². The predicted octanol–water partition coefficient (Wildman–Crippen LogP) is 2.89. The van der Waals surface area contributed by atoms with Gasteiger partial charge in [-0.25, -0.2) is 9.18 Å². The fraction of sp³-hybridized carbons (Fsp3) is 0.500. The SMILES string of the molecule is CC(CN1CCCC1)OC(=O)c1cccc(F)c1.Cl. The van der Waals surface area contributed by atoms with Crippen molar-refractivity contribution in [3.8, 4) is 0 Å². The first kappa shape index (κ1) is 15.9.